The number of carbonyl (C=O) groups is 1. The molecule has 0 saturated heterocycles. The lowest BCUT2D eigenvalue weighted by atomic mass is 9.97. The molecular weight excluding hydrogens is 354 g/mol. The zero-order chi connectivity index (χ0) is 19.0. The van der Waals surface area contributed by atoms with Crippen molar-refractivity contribution in [2.24, 2.45) is 0 Å². The summed E-state index contributed by atoms with van der Waals surface area (Å²) in [5, 5.41) is 11.3. The molecule has 0 radical (unpaired) electrons. The normalized spacial score (nSPS) is 22.6. The maximum Gasteiger partial charge on any atom is 0.248 e. The molecule has 6 nitrogen and oxygen atoms in total. The molecule has 1 aliphatic heterocycles. The highest BCUT2D eigenvalue weighted by Gasteiger charge is 2.43. The van der Waals surface area contributed by atoms with Crippen LogP contribution in [0.3, 0.4) is 0 Å². The molecule has 1 amide bonds. The SMILES string of the molecule is CC1(C(=O)NCc2ccc(F)cc2F)COCc2nnc(C3CCCC3)n21. The topological polar surface area (TPSA) is 69.0 Å². The molecule has 1 aromatic heterocycles. The molecule has 2 aliphatic rings. The van der Waals surface area contributed by atoms with Crippen molar-refractivity contribution >= 4 is 5.91 Å². The molecule has 1 unspecified atom stereocenters. The van der Waals surface area contributed by atoms with Gasteiger partial charge >= 0.3 is 0 Å². The number of rotatable bonds is 4. The number of carbonyl (C=O) groups excluding carboxylic acids is 1. The predicted molar refractivity (Wildman–Crippen MR) is 92.7 cm³/mol. The van der Waals surface area contributed by atoms with E-state index in [0.717, 1.165) is 37.6 Å². The van der Waals surface area contributed by atoms with Gasteiger partial charge < -0.3 is 10.1 Å². The summed E-state index contributed by atoms with van der Waals surface area (Å²) in [5.41, 5.74) is -0.781. The Morgan fingerprint density at radius 2 is 2.11 bits per heavy atom. The molecule has 0 bridgehead atoms. The van der Waals surface area contributed by atoms with Crippen LogP contribution in [0.15, 0.2) is 18.2 Å². The van der Waals surface area contributed by atoms with Gasteiger partial charge in [-0.15, -0.1) is 10.2 Å². The van der Waals surface area contributed by atoms with Crippen molar-refractivity contribution in [2.75, 3.05) is 6.61 Å². The van der Waals surface area contributed by atoms with Gasteiger partial charge in [0.1, 0.15) is 29.6 Å². The summed E-state index contributed by atoms with van der Waals surface area (Å²) in [7, 11) is 0. The first-order chi connectivity index (χ1) is 13.0. The maximum atomic E-state index is 13.9. The van der Waals surface area contributed by atoms with Gasteiger partial charge in [-0.2, -0.15) is 0 Å². The smallest absolute Gasteiger partial charge is 0.248 e. The van der Waals surface area contributed by atoms with Crippen molar-refractivity contribution in [3.63, 3.8) is 0 Å². The fourth-order valence-corrected chi connectivity index (χ4v) is 4.01. The first-order valence-electron chi connectivity index (χ1n) is 9.23. The molecule has 1 saturated carbocycles. The first-order valence-corrected chi connectivity index (χ1v) is 9.23. The van der Waals surface area contributed by atoms with E-state index in [0.29, 0.717) is 18.3 Å². The highest BCUT2D eigenvalue weighted by atomic mass is 19.1. The number of nitrogens with one attached hydrogen (secondary N) is 1. The van der Waals surface area contributed by atoms with Crippen LogP contribution in [-0.2, 0) is 28.2 Å². The van der Waals surface area contributed by atoms with Crippen LogP contribution in [0.5, 0.6) is 0 Å². The molecule has 4 rings (SSSR count). The quantitative estimate of drug-likeness (QED) is 0.891. The summed E-state index contributed by atoms with van der Waals surface area (Å²) in [4.78, 5) is 13.0. The van der Waals surface area contributed by atoms with Crippen molar-refractivity contribution < 1.29 is 18.3 Å². The molecule has 1 fully saturated rings. The number of fused-ring (bicyclic) bond motifs is 1. The van der Waals surface area contributed by atoms with Crippen LogP contribution in [0.2, 0.25) is 0 Å². The Morgan fingerprint density at radius 1 is 1.33 bits per heavy atom. The molecule has 8 heteroatoms. The molecule has 2 aromatic rings. The minimum absolute atomic E-state index is 0.0310. The number of halogens is 2. The number of benzene rings is 1. The van der Waals surface area contributed by atoms with E-state index < -0.39 is 17.2 Å². The Balaban J connectivity index is 1.58. The molecule has 27 heavy (non-hydrogen) atoms. The summed E-state index contributed by atoms with van der Waals surface area (Å²) < 4.78 is 34.4. The summed E-state index contributed by atoms with van der Waals surface area (Å²) in [6.45, 7) is 2.26. The average molecular weight is 376 g/mol. The Morgan fingerprint density at radius 3 is 2.85 bits per heavy atom. The molecule has 0 spiro atoms. The van der Waals surface area contributed by atoms with Crippen LogP contribution in [0.4, 0.5) is 8.78 Å². The van der Waals surface area contributed by atoms with Crippen molar-refractivity contribution in [2.45, 2.75) is 57.2 Å². The Hall–Kier alpha value is -2.35. The van der Waals surface area contributed by atoms with Crippen LogP contribution in [0, 0.1) is 11.6 Å². The van der Waals surface area contributed by atoms with Gasteiger partial charge in [0.25, 0.3) is 0 Å². The van der Waals surface area contributed by atoms with E-state index in [9.17, 15) is 13.6 Å². The largest absolute Gasteiger partial charge is 0.370 e. The zero-order valence-corrected chi connectivity index (χ0v) is 15.2. The number of hydrogen-bond donors (Lipinski definition) is 1. The van der Waals surface area contributed by atoms with Gasteiger partial charge in [-0.05, 0) is 25.8 Å². The van der Waals surface area contributed by atoms with E-state index in [-0.39, 0.29) is 24.6 Å². The van der Waals surface area contributed by atoms with Crippen LogP contribution < -0.4 is 5.32 Å². The van der Waals surface area contributed by atoms with Gasteiger partial charge in [0.15, 0.2) is 5.82 Å². The second-order valence-corrected chi connectivity index (χ2v) is 7.48. The number of aromatic nitrogens is 3. The fraction of sp³-hybridized carbons (Fsp3) is 0.526. The number of ether oxygens (including phenoxy) is 1. The lowest BCUT2D eigenvalue weighted by Crippen LogP contribution is -2.53. The van der Waals surface area contributed by atoms with E-state index in [4.69, 9.17) is 4.74 Å². The molecule has 1 N–H and O–H groups in total. The molecule has 1 aromatic carbocycles. The van der Waals surface area contributed by atoms with Crippen LogP contribution in [0.1, 0.15) is 55.7 Å². The van der Waals surface area contributed by atoms with Crippen molar-refractivity contribution in [1.29, 1.82) is 0 Å². The van der Waals surface area contributed by atoms with E-state index in [1.54, 1.807) is 6.92 Å². The van der Waals surface area contributed by atoms with Crippen molar-refractivity contribution in [3.8, 4) is 0 Å². The molecular formula is C19H22F2N4O2. The average Bonchev–Trinajstić information content (AvgIpc) is 3.30. The lowest BCUT2D eigenvalue weighted by molar-refractivity contribution is -0.135. The van der Waals surface area contributed by atoms with E-state index in [1.807, 2.05) is 4.57 Å². The maximum absolute atomic E-state index is 13.9. The van der Waals surface area contributed by atoms with Gasteiger partial charge in [-0.25, -0.2) is 8.78 Å². The fourth-order valence-electron chi connectivity index (χ4n) is 4.01. The molecule has 144 valence electrons. The summed E-state index contributed by atoms with van der Waals surface area (Å²) in [5.74, 6) is 0.130. The highest BCUT2D eigenvalue weighted by molar-refractivity contribution is 5.84. The highest BCUT2D eigenvalue weighted by Crippen LogP contribution is 2.37. The molecule has 1 atom stereocenters. The van der Waals surface area contributed by atoms with Gasteiger partial charge in [-0.3, -0.25) is 9.36 Å². The summed E-state index contributed by atoms with van der Waals surface area (Å²) in [6.07, 6.45) is 4.38. The Kier molecular flexibility index (Phi) is 4.67. The van der Waals surface area contributed by atoms with E-state index >= 15 is 0 Å². The van der Waals surface area contributed by atoms with Crippen LogP contribution in [0.25, 0.3) is 0 Å². The van der Waals surface area contributed by atoms with Gasteiger partial charge in [0.05, 0.1) is 6.61 Å². The third-order valence-corrected chi connectivity index (χ3v) is 5.53. The predicted octanol–water partition coefficient (Wildman–Crippen LogP) is 2.78. The molecule has 2 heterocycles. The van der Waals surface area contributed by atoms with Gasteiger partial charge in [-0.1, -0.05) is 18.9 Å². The number of hydrogen-bond acceptors (Lipinski definition) is 4. The summed E-state index contributed by atoms with van der Waals surface area (Å²) >= 11 is 0. The Bertz CT molecular complexity index is 863. The Labute approximate surface area is 155 Å². The first kappa shape index (κ1) is 18.0. The second-order valence-electron chi connectivity index (χ2n) is 7.48. The summed E-state index contributed by atoms with van der Waals surface area (Å²) in [6, 6.07) is 3.31. The monoisotopic (exact) mass is 376 g/mol. The van der Waals surface area contributed by atoms with Gasteiger partial charge in [0, 0.05) is 24.1 Å². The third-order valence-electron chi connectivity index (χ3n) is 5.53. The zero-order valence-electron chi connectivity index (χ0n) is 15.2. The van der Waals surface area contributed by atoms with Crippen molar-refractivity contribution in [1.82, 2.24) is 20.1 Å². The standard InChI is InChI=1S/C19H22F2N4O2/c1-19(18(26)22-9-13-6-7-14(20)8-15(13)21)11-27-10-16-23-24-17(25(16)19)12-4-2-3-5-12/h6-8,12H,2-5,9-11H2,1H3,(H,22,26). The lowest BCUT2D eigenvalue weighted by Gasteiger charge is -2.36. The molecule has 1 aliphatic carbocycles. The number of amides is 1. The van der Waals surface area contributed by atoms with Crippen molar-refractivity contribution in [3.05, 3.63) is 47.0 Å². The second kappa shape index (κ2) is 6.99. The van der Waals surface area contributed by atoms with E-state index in [1.165, 1.54) is 12.1 Å². The minimum atomic E-state index is -1.01. The number of nitrogens with zero attached hydrogens (tertiary/aromatic N) is 3. The van der Waals surface area contributed by atoms with Crippen LogP contribution in [-0.4, -0.2) is 27.3 Å². The van der Waals surface area contributed by atoms with Gasteiger partial charge in [0.2, 0.25) is 5.91 Å². The van der Waals surface area contributed by atoms with E-state index in [2.05, 4.69) is 15.5 Å². The third kappa shape index (κ3) is 3.22. The minimum Gasteiger partial charge on any atom is -0.370 e. The van der Waals surface area contributed by atoms with Crippen LogP contribution >= 0.6 is 0 Å².